The zero-order valence-electron chi connectivity index (χ0n) is 7.79. The van der Waals surface area contributed by atoms with Gasteiger partial charge < -0.3 is 0 Å². The summed E-state index contributed by atoms with van der Waals surface area (Å²) in [5, 5.41) is 2.48. The minimum atomic E-state index is 0.344. The van der Waals surface area contributed by atoms with Crippen molar-refractivity contribution in [2.45, 2.75) is 12.8 Å². The van der Waals surface area contributed by atoms with Crippen molar-refractivity contribution >= 4 is 16.6 Å². The molecule has 3 rings (SSSR count). The van der Waals surface area contributed by atoms with Crippen LogP contribution in [0.1, 0.15) is 11.1 Å². The summed E-state index contributed by atoms with van der Waals surface area (Å²) in [5.74, 6) is 0.344. The van der Waals surface area contributed by atoms with Crippen LogP contribution < -0.4 is 0 Å². The molecular weight excluding hydrogens is 172 g/mol. The van der Waals surface area contributed by atoms with Crippen molar-refractivity contribution in [3.05, 3.63) is 47.5 Å². The van der Waals surface area contributed by atoms with Crippen LogP contribution in [0.25, 0.3) is 10.8 Å². The molecule has 0 aliphatic heterocycles. The van der Waals surface area contributed by atoms with Gasteiger partial charge in [0.25, 0.3) is 0 Å². The van der Waals surface area contributed by atoms with Crippen LogP contribution in [0.15, 0.2) is 36.4 Å². The molecule has 0 N–H and O–H groups in total. The van der Waals surface area contributed by atoms with E-state index in [-0.39, 0.29) is 0 Å². The van der Waals surface area contributed by atoms with E-state index in [4.69, 9.17) is 0 Å². The molecule has 0 unspecified atom stereocenters. The van der Waals surface area contributed by atoms with Gasteiger partial charge in [0.1, 0.15) is 5.78 Å². The number of carbonyl (C=O) groups excluding carboxylic acids is 1. The zero-order valence-corrected chi connectivity index (χ0v) is 7.79. The number of carbonyl (C=O) groups is 1. The molecule has 2 aromatic carbocycles. The quantitative estimate of drug-likeness (QED) is 0.611. The zero-order chi connectivity index (χ0) is 9.54. The maximum Gasteiger partial charge on any atom is 0.141 e. The summed E-state index contributed by atoms with van der Waals surface area (Å²) in [5.41, 5.74) is 2.46. The van der Waals surface area contributed by atoms with Gasteiger partial charge in [0.15, 0.2) is 0 Å². The summed E-state index contributed by atoms with van der Waals surface area (Å²) in [6.07, 6.45) is 1.25. The predicted octanol–water partition coefficient (Wildman–Crippen LogP) is 2.51. The number of benzene rings is 2. The van der Waals surface area contributed by atoms with Crippen LogP contribution in [0.4, 0.5) is 0 Å². The Morgan fingerprint density at radius 2 is 1.79 bits per heavy atom. The highest BCUT2D eigenvalue weighted by molar-refractivity contribution is 5.97. The second-order valence-electron chi connectivity index (χ2n) is 3.82. The van der Waals surface area contributed by atoms with Gasteiger partial charge in [-0.05, 0) is 21.9 Å². The summed E-state index contributed by atoms with van der Waals surface area (Å²) < 4.78 is 0. The Bertz CT molecular complexity index is 526. The molecule has 0 fully saturated rings. The lowest BCUT2D eigenvalue weighted by atomic mass is 10.0. The fraction of sp³-hybridized carbons (Fsp3) is 0.154. The molecule has 0 atom stereocenters. The molecule has 0 aromatic heterocycles. The monoisotopic (exact) mass is 182 g/mol. The van der Waals surface area contributed by atoms with E-state index in [1.54, 1.807) is 0 Å². The Hall–Kier alpha value is -1.63. The van der Waals surface area contributed by atoms with Crippen LogP contribution >= 0.6 is 0 Å². The Balaban J connectivity index is 2.39. The fourth-order valence-corrected chi connectivity index (χ4v) is 2.23. The van der Waals surface area contributed by atoms with Gasteiger partial charge in [0.2, 0.25) is 0 Å². The van der Waals surface area contributed by atoms with Gasteiger partial charge >= 0.3 is 0 Å². The minimum Gasteiger partial charge on any atom is -0.299 e. The maximum absolute atomic E-state index is 11.3. The summed E-state index contributed by atoms with van der Waals surface area (Å²) in [6.45, 7) is 0. The van der Waals surface area contributed by atoms with Gasteiger partial charge in [0.05, 0.1) is 0 Å². The Morgan fingerprint density at radius 1 is 0.929 bits per heavy atom. The average molecular weight is 182 g/mol. The fourth-order valence-electron chi connectivity index (χ4n) is 2.23. The molecule has 0 amide bonds. The van der Waals surface area contributed by atoms with Gasteiger partial charge in [-0.3, -0.25) is 4.79 Å². The molecule has 1 aliphatic carbocycles. The third-order valence-corrected chi connectivity index (χ3v) is 2.90. The third-order valence-electron chi connectivity index (χ3n) is 2.90. The second kappa shape index (κ2) is 2.68. The highest BCUT2D eigenvalue weighted by Crippen LogP contribution is 2.27. The Morgan fingerprint density at radius 3 is 2.71 bits per heavy atom. The predicted molar refractivity (Wildman–Crippen MR) is 56.4 cm³/mol. The lowest BCUT2D eigenvalue weighted by Gasteiger charge is -2.03. The first-order valence-corrected chi connectivity index (χ1v) is 4.86. The molecule has 0 bridgehead atoms. The molecule has 0 saturated carbocycles. The number of hydrogen-bond acceptors (Lipinski definition) is 1. The van der Waals surface area contributed by atoms with Crippen molar-refractivity contribution in [2.24, 2.45) is 0 Å². The molecule has 0 saturated heterocycles. The van der Waals surface area contributed by atoms with Crippen LogP contribution in [-0.2, 0) is 17.6 Å². The normalized spacial score (nSPS) is 14.7. The highest BCUT2D eigenvalue weighted by Gasteiger charge is 2.19. The summed E-state index contributed by atoms with van der Waals surface area (Å²) in [6, 6.07) is 12.5. The standard InChI is InChI=1S/C13H10O/c14-11-7-10-6-5-9-3-1-2-4-12(9)13(10)8-11/h1-6H,7-8H2. The number of fused-ring (bicyclic) bond motifs is 3. The van der Waals surface area contributed by atoms with Gasteiger partial charge in [-0.15, -0.1) is 0 Å². The average Bonchev–Trinajstić information content (AvgIpc) is 2.59. The molecule has 0 radical (unpaired) electrons. The highest BCUT2D eigenvalue weighted by atomic mass is 16.1. The lowest BCUT2D eigenvalue weighted by molar-refractivity contribution is -0.117. The van der Waals surface area contributed by atoms with E-state index in [9.17, 15) is 4.79 Å². The van der Waals surface area contributed by atoms with E-state index in [0.717, 1.165) is 0 Å². The topological polar surface area (TPSA) is 17.1 Å². The molecular formula is C13H10O. The van der Waals surface area contributed by atoms with Crippen LogP contribution in [0, 0.1) is 0 Å². The Kier molecular flexibility index (Phi) is 1.48. The largest absolute Gasteiger partial charge is 0.299 e. The molecule has 2 aromatic rings. The van der Waals surface area contributed by atoms with Gasteiger partial charge in [-0.1, -0.05) is 36.4 Å². The van der Waals surface area contributed by atoms with Crippen molar-refractivity contribution in [1.29, 1.82) is 0 Å². The van der Waals surface area contributed by atoms with Crippen molar-refractivity contribution in [3.63, 3.8) is 0 Å². The smallest absolute Gasteiger partial charge is 0.141 e. The van der Waals surface area contributed by atoms with E-state index in [0.29, 0.717) is 18.6 Å². The summed E-state index contributed by atoms with van der Waals surface area (Å²) >= 11 is 0. The van der Waals surface area contributed by atoms with E-state index >= 15 is 0 Å². The van der Waals surface area contributed by atoms with Crippen LogP contribution in [0.3, 0.4) is 0 Å². The molecule has 1 aliphatic rings. The van der Waals surface area contributed by atoms with E-state index < -0.39 is 0 Å². The summed E-state index contributed by atoms with van der Waals surface area (Å²) in [7, 11) is 0. The third kappa shape index (κ3) is 0.987. The molecule has 1 nitrogen and oxygen atoms in total. The van der Waals surface area contributed by atoms with E-state index in [1.807, 2.05) is 12.1 Å². The molecule has 14 heavy (non-hydrogen) atoms. The molecule has 0 heterocycles. The lowest BCUT2D eigenvalue weighted by Crippen LogP contribution is -1.92. The first-order chi connectivity index (χ1) is 6.84. The van der Waals surface area contributed by atoms with Gasteiger partial charge in [-0.25, -0.2) is 0 Å². The first-order valence-electron chi connectivity index (χ1n) is 4.86. The molecule has 68 valence electrons. The van der Waals surface area contributed by atoms with E-state index in [2.05, 4.69) is 24.3 Å². The van der Waals surface area contributed by atoms with Crippen molar-refractivity contribution in [2.75, 3.05) is 0 Å². The first kappa shape index (κ1) is 7.74. The van der Waals surface area contributed by atoms with Crippen LogP contribution in [0.5, 0.6) is 0 Å². The minimum absolute atomic E-state index is 0.344. The molecule has 0 spiro atoms. The number of hydrogen-bond donors (Lipinski definition) is 0. The van der Waals surface area contributed by atoms with Crippen molar-refractivity contribution in [1.82, 2.24) is 0 Å². The number of ketones is 1. The van der Waals surface area contributed by atoms with Gasteiger partial charge in [0, 0.05) is 12.8 Å². The second-order valence-corrected chi connectivity index (χ2v) is 3.82. The van der Waals surface area contributed by atoms with E-state index in [1.165, 1.54) is 21.9 Å². The molecule has 1 heteroatoms. The number of Topliss-reactive ketones (excluding diaryl/α,β-unsaturated/α-hetero) is 1. The van der Waals surface area contributed by atoms with Crippen molar-refractivity contribution < 1.29 is 4.79 Å². The maximum atomic E-state index is 11.3. The Labute approximate surface area is 82.4 Å². The van der Waals surface area contributed by atoms with Crippen molar-refractivity contribution in [3.8, 4) is 0 Å². The van der Waals surface area contributed by atoms with Gasteiger partial charge in [-0.2, -0.15) is 0 Å². The number of rotatable bonds is 0. The van der Waals surface area contributed by atoms with Crippen LogP contribution in [0.2, 0.25) is 0 Å². The SMILES string of the molecule is O=C1Cc2ccc3ccccc3c2C1. The summed E-state index contributed by atoms with van der Waals surface area (Å²) in [4.78, 5) is 11.3. The van der Waals surface area contributed by atoms with Crippen LogP contribution in [-0.4, -0.2) is 5.78 Å².